The third-order valence-electron chi connectivity index (χ3n) is 4.90. The van der Waals surface area contributed by atoms with Crippen LogP contribution in [-0.2, 0) is 0 Å². The van der Waals surface area contributed by atoms with Crippen LogP contribution in [0.4, 0.5) is 5.69 Å². The average molecular weight is 488 g/mol. The van der Waals surface area contributed by atoms with Gasteiger partial charge in [0.1, 0.15) is 11.5 Å². The van der Waals surface area contributed by atoms with E-state index in [9.17, 15) is 4.79 Å². The number of ether oxygens (including phenoxy) is 2. The van der Waals surface area contributed by atoms with Gasteiger partial charge in [0.05, 0.1) is 51.7 Å². The molecule has 8 heteroatoms. The maximum absolute atomic E-state index is 13.4. The summed E-state index contributed by atoms with van der Waals surface area (Å²) in [7, 11) is 3.00. The van der Waals surface area contributed by atoms with Crippen molar-refractivity contribution in [2.45, 2.75) is 0 Å². The zero-order valence-corrected chi connectivity index (χ0v) is 19.3. The molecule has 32 heavy (non-hydrogen) atoms. The molecule has 3 aromatic carbocycles. The molecule has 162 valence electrons. The number of hydrogen-bond acceptors (Lipinski definition) is 4. The van der Waals surface area contributed by atoms with Gasteiger partial charge in [0.2, 0.25) is 0 Å². The fraction of sp³-hybridized carbons (Fsp3) is 0.0833. The van der Waals surface area contributed by atoms with E-state index in [1.807, 2.05) is 24.3 Å². The van der Waals surface area contributed by atoms with E-state index in [0.29, 0.717) is 54.4 Å². The Labute approximate surface area is 199 Å². The Kier molecular flexibility index (Phi) is 6.42. The van der Waals surface area contributed by atoms with Gasteiger partial charge in [0.25, 0.3) is 5.91 Å². The van der Waals surface area contributed by atoms with E-state index in [1.54, 1.807) is 36.4 Å². The number of amides is 1. The standard InChI is InChI=1S/C24H17Cl3N2O3/c1-31-22-12-21(23(32-2)11-18(22)27)29-24(30)15-10-20(13-7-8-16(25)17(26)9-13)28-19-6-4-3-5-14(15)19/h3-12H,1-2H3,(H,29,30). The summed E-state index contributed by atoms with van der Waals surface area (Å²) in [6, 6.07) is 17.5. The molecular formula is C24H17Cl3N2O3. The molecule has 0 aliphatic carbocycles. The molecule has 0 radical (unpaired) electrons. The van der Waals surface area contributed by atoms with Crippen LogP contribution >= 0.6 is 34.8 Å². The molecule has 0 spiro atoms. The number of carbonyl (C=O) groups is 1. The molecule has 1 N–H and O–H groups in total. The summed E-state index contributed by atoms with van der Waals surface area (Å²) in [5, 5.41) is 4.82. The Hall–Kier alpha value is -2.99. The molecule has 4 aromatic rings. The second-order valence-electron chi connectivity index (χ2n) is 6.84. The number of hydrogen-bond donors (Lipinski definition) is 1. The molecule has 0 fully saturated rings. The van der Waals surface area contributed by atoms with E-state index in [4.69, 9.17) is 49.3 Å². The number of para-hydroxylation sites is 1. The minimum absolute atomic E-state index is 0.340. The van der Waals surface area contributed by atoms with Crippen LogP contribution < -0.4 is 14.8 Å². The summed E-state index contributed by atoms with van der Waals surface area (Å²) in [6.45, 7) is 0. The van der Waals surface area contributed by atoms with Gasteiger partial charge in [-0.3, -0.25) is 4.79 Å². The summed E-state index contributed by atoms with van der Waals surface area (Å²) in [4.78, 5) is 18.1. The first kappa shape index (κ1) is 22.2. The molecule has 5 nitrogen and oxygen atoms in total. The zero-order valence-electron chi connectivity index (χ0n) is 17.1. The summed E-state index contributed by atoms with van der Waals surface area (Å²) in [5.74, 6) is 0.485. The maximum Gasteiger partial charge on any atom is 0.256 e. The Morgan fingerprint density at radius 3 is 2.31 bits per heavy atom. The van der Waals surface area contributed by atoms with E-state index in [2.05, 4.69) is 5.32 Å². The third-order valence-corrected chi connectivity index (χ3v) is 5.93. The predicted octanol–water partition coefficient (Wildman–Crippen LogP) is 7.13. The molecule has 1 aromatic heterocycles. The second-order valence-corrected chi connectivity index (χ2v) is 8.06. The molecule has 0 saturated carbocycles. The minimum atomic E-state index is -0.340. The normalized spacial score (nSPS) is 10.8. The lowest BCUT2D eigenvalue weighted by Gasteiger charge is -2.15. The van der Waals surface area contributed by atoms with E-state index in [0.717, 1.165) is 5.56 Å². The Morgan fingerprint density at radius 2 is 1.59 bits per heavy atom. The molecule has 1 heterocycles. The Bertz CT molecular complexity index is 1340. The first-order chi connectivity index (χ1) is 15.4. The van der Waals surface area contributed by atoms with Crippen molar-refractivity contribution in [2.75, 3.05) is 19.5 Å². The van der Waals surface area contributed by atoms with Crippen LogP contribution in [0.25, 0.3) is 22.2 Å². The number of carbonyl (C=O) groups excluding carboxylic acids is 1. The van der Waals surface area contributed by atoms with Crippen LogP contribution in [0, 0.1) is 0 Å². The topological polar surface area (TPSA) is 60.5 Å². The zero-order chi connectivity index (χ0) is 22.8. The number of pyridine rings is 1. The predicted molar refractivity (Wildman–Crippen MR) is 130 cm³/mol. The average Bonchev–Trinajstić information content (AvgIpc) is 2.80. The molecular weight excluding hydrogens is 471 g/mol. The van der Waals surface area contributed by atoms with Gasteiger partial charge in [-0.25, -0.2) is 4.98 Å². The second kappa shape index (κ2) is 9.25. The van der Waals surface area contributed by atoms with Gasteiger partial charge in [-0.15, -0.1) is 0 Å². The van der Waals surface area contributed by atoms with Gasteiger partial charge >= 0.3 is 0 Å². The number of anilines is 1. The number of aromatic nitrogens is 1. The molecule has 1 amide bonds. The van der Waals surface area contributed by atoms with Crippen LogP contribution in [0.1, 0.15) is 10.4 Å². The SMILES string of the molecule is COc1cc(NC(=O)c2cc(-c3ccc(Cl)c(Cl)c3)nc3ccccc23)c(OC)cc1Cl. The Balaban J connectivity index is 1.81. The number of nitrogens with zero attached hydrogens (tertiary/aromatic N) is 1. The highest BCUT2D eigenvalue weighted by atomic mass is 35.5. The van der Waals surface area contributed by atoms with E-state index < -0.39 is 0 Å². The van der Waals surface area contributed by atoms with Crippen molar-refractivity contribution in [3.8, 4) is 22.8 Å². The van der Waals surface area contributed by atoms with Gasteiger partial charge < -0.3 is 14.8 Å². The fourth-order valence-corrected chi connectivity index (χ4v) is 3.84. The van der Waals surface area contributed by atoms with E-state index in [1.165, 1.54) is 14.2 Å². The summed E-state index contributed by atoms with van der Waals surface area (Å²) < 4.78 is 10.6. The number of rotatable bonds is 5. The molecule has 0 aliphatic rings. The van der Waals surface area contributed by atoms with Crippen molar-refractivity contribution < 1.29 is 14.3 Å². The smallest absolute Gasteiger partial charge is 0.256 e. The first-order valence-electron chi connectivity index (χ1n) is 9.49. The van der Waals surface area contributed by atoms with Crippen molar-refractivity contribution >= 4 is 57.3 Å². The lowest BCUT2D eigenvalue weighted by Crippen LogP contribution is -2.14. The van der Waals surface area contributed by atoms with Crippen molar-refractivity contribution in [3.05, 3.63) is 81.3 Å². The third kappa shape index (κ3) is 4.32. The first-order valence-corrected chi connectivity index (χ1v) is 10.6. The van der Waals surface area contributed by atoms with E-state index >= 15 is 0 Å². The lowest BCUT2D eigenvalue weighted by molar-refractivity contribution is 0.102. The molecule has 0 aliphatic heterocycles. The maximum atomic E-state index is 13.4. The Morgan fingerprint density at radius 1 is 0.844 bits per heavy atom. The summed E-state index contributed by atoms with van der Waals surface area (Å²) in [6.07, 6.45) is 0. The van der Waals surface area contributed by atoms with Gasteiger partial charge in [0.15, 0.2) is 0 Å². The highest BCUT2D eigenvalue weighted by Crippen LogP contribution is 2.37. The lowest BCUT2D eigenvalue weighted by atomic mass is 10.0. The monoisotopic (exact) mass is 486 g/mol. The minimum Gasteiger partial charge on any atom is -0.495 e. The molecule has 0 unspecified atom stereocenters. The van der Waals surface area contributed by atoms with E-state index in [-0.39, 0.29) is 5.91 Å². The molecule has 0 atom stereocenters. The molecule has 0 bridgehead atoms. The number of fused-ring (bicyclic) bond motifs is 1. The van der Waals surface area contributed by atoms with Crippen LogP contribution in [-0.4, -0.2) is 25.1 Å². The quantitative estimate of drug-likeness (QED) is 0.325. The van der Waals surface area contributed by atoms with Crippen LogP contribution in [0.15, 0.2) is 60.7 Å². The summed E-state index contributed by atoms with van der Waals surface area (Å²) >= 11 is 18.4. The highest BCUT2D eigenvalue weighted by Gasteiger charge is 2.18. The van der Waals surface area contributed by atoms with Gasteiger partial charge in [-0.05, 0) is 24.3 Å². The van der Waals surface area contributed by atoms with Crippen molar-refractivity contribution in [2.24, 2.45) is 0 Å². The van der Waals surface area contributed by atoms with Crippen LogP contribution in [0.5, 0.6) is 11.5 Å². The van der Waals surface area contributed by atoms with Crippen LogP contribution in [0.2, 0.25) is 15.1 Å². The van der Waals surface area contributed by atoms with Crippen molar-refractivity contribution in [3.63, 3.8) is 0 Å². The number of methoxy groups -OCH3 is 2. The number of nitrogens with one attached hydrogen (secondary N) is 1. The van der Waals surface area contributed by atoms with Gasteiger partial charge in [-0.1, -0.05) is 59.1 Å². The van der Waals surface area contributed by atoms with Crippen molar-refractivity contribution in [1.82, 2.24) is 4.98 Å². The summed E-state index contributed by atoms with van der Waals surface area (Å²) in [5.41, 5.74) is 2.86. The number of halogens is 3. The molecule has 0 saturated heterocycles. The molecule has 4 rings (SSSR count). The number of benzene rings is 3. The van der Waals surface area contributed by atoms with Crippen LogP contribution in [0.3, 0.4) is 0 Å². The van der Waals surface area contributed by atoms with Gasteiger partial charge in [-0.2, -0.15) is 0 Å². The van der Waals surface area contributed by atoms with Gasteiger partial charge in [0, 0.05) is 23.1 Å². The highest BCUT2D eigenvalue weighted by molar-refractivity contribution is 6.42. The largest absolute Gasteiger partial charge is 0.495 e. The fourth-order valence-electron chi connectivity index (χ4n) is 3.31. The van der Waals surface area contributed by atoms with Crippen molar-refractivity contribution in [1.29, 1.82) is 0 Å².